The number of carbonyl (C=O) groups excluding carboxylic acids is 2. The lowest BCUT2D eigenvalue weighted by Crippen LogP contribution is -2.41. The molecule has 0 saturated carbocycles. The molecule has 0 fully saturated rings. The SMILES string of the molecule is CCOc1ccc(C(=O)NNC(=O)CCn2c(-c3ccc(C)cc3)n[nH]c2=S)cc1OC. The van der Waals surface area contributed by atoms with Crippen molar-refractivity contribution < 1.29 is 19.1 Å². The Hall–Kier alpha value is -3.66. The molecule has 3 aromatic rings. The molecule has 0 aliphatic rings. The van der Waals surface area contributed by atoms with E-state index in [0.29, 0.717) is 40.8 Å². The summed E-state index contributed by atoms with van der Waals surface area (Å²) in [6, 6.07) is 12.6. The molecule has 0 aliphatic heterocycles. The number of aromatic nitrogens is 3. The van der Waals surface area contributed by atoms with Gasteiger partial charge in [-0.25, -0.2) is 0 Å². The van der Waals surface area contributed by atoms with Crippen LogP contribution in [0.25, 0.3) is 11.4 Å². The van der Waals surface area contributed by atoms with Gasteiger partial charge in [-0.2, -0.15) is 5.10 Å². The van der Waals surface area contributed by atoms with E-state index in [1.54, 1.807) is 22.8 Å². The number of hydrogen-bond acceptors (Lipinski definition) is 6. The molecule has 32 heavy (non-hydrogen) atoms. The molecule has 168 valence electrons. The zero-order valence-electron chi connectivity index (χ0n) is 18.1. The molecule has 0 bridgehead atoms. The number of benzene rings is 2. The van der Waals surface area contributed by atoms with Crippen LogP contribution in [0.1, 0.15) is 29.3 Å². The zero-order valence-corrected chi connectivity index (χ0v) is 18.9. The average Bonchev–Trinajstić information content (AvgIpc) is 3.17. The Morgan fingerprint density at radius 1 is 1.12 bits per heavy atom. The summed E-state index contributed by atoms with van der Waals surface area (Å²) in [5, 5.41) is 7.03. The highest BCUT2D eigenvalue weighted by molar-refractivity contribution is 7.71. The first kappa shape index (κ1) is 23.0. The van der Waals surface area contributed by atoms with Crippen molar-refractivity contribution in [3.05, 3.63) is 58.4 Å². The highest BCUT2D eigenvalue weighted by Gasteiger charge is 2.13. The van der Waals surface area contributed by atoms with Crippen molar-refractivity contribution in [1.29, 1.82) is 0 Å². The van der Waals surface area contributed by atoms with Crippen LogP contribution in [0, 0.1) is 11.7 Å². The summed E-state index contributed by atoms with van der Waals surface area (Å²) in [6.45, 7) is 4.64. The largest absolute Gasteiger partial charge is 0.493 e. The Balaban J connectivity index is 1.58. The minimum absolute atomic E-state index is 0.0968. The molecule has 2 aromatic carbocycles. The molecule has 0 unspecified atom stereocenters. The van der Waals surface area contributed by atoms with Gasteiger partial charge in [0.1, 0.15) is 0 Å². The molecule has 9 nitrogen and oxygen atoms in total. The van der Waals surface area contributed by atoms with Crippen LogP contribution >= 0.6 is 12.2 Å². The molecule has 0 spiro atoms. The van der Waals surface area contributed by atoms with E-state index in [2.05, 4.69) is 21.0 Å². The smallest absolute Gasteiger partial charge is 0.269 e. The monoisotopic (exact) mass is 455 g/mol. The first-order valence-electron chi connectivity index (χ1n) is 10.0. The van der Waals surface area contributed by atoms with Crippen LogP contribution in [0.5, 0.6) is 11.5 Å². The van der Waals surface area contributed by atoms with E-state index in [1.165, 1.54) is 7.11 Å². The second kappa shape index (κ2) is 10.6. The lowest BCUT2D eigenvalue weighted by molar-refractivity contribution is -0.122. The summed E-state index contributed by atoms with van der Waals surface area (Å²) >= 11 is 5.29. The predicted octanol–water partition coefficient (Wildman–Crippen LogP) is 3.17. The van der Waals surface area contributed by atoms with Gasteiger partial charge >= 0.3 is 0 Å². The van der Waals surface area contributed by atoms with Gasteiger partial charge in [0.05, 0.1) is 13.7 Å². The molecule has 1 aromatic heterocycles. The number of ether oxygens (including phenoxy) is 2. The third kappa shape index (κ3) is 5.52. The zero-order chi connectivity index (χ0) is 23.1. The number of methoxy groups -OCH3 is 1. The molecule has 2 amide bonds. The van der Waals surface area contributed by atoms with Gasteiger partial charge in [0, 0.05) is 24.1 Å². The van der Waals surface area contributed by atoms with Crippen molar-refractivity contribution in [2.45, 2.75) is 26.8 Å². The lowest BCUT2D eigenvalue weighted by Gasteiger charge is -2.12. The van der Waals surface area contributed by atoms with Crippen molar-refractivity contribution in [1.82, 2.24) is 25.6 Å². The van der Waals surface area contributed by atoms with E-state index in [9.17, 15) is 9.59 Å². The number of amides is 2. The summed E-state index contributed by atoms with van der Waals surface area (Å²) < 4.78 is 12.9. The van der Waals surface area contributed by atoms with Crippen molar-refractivity contribution in [3.8, 4) is 22.9 Å². The van der Waals surface area contributed by atoms with Crippen LogP contribution in [0.4, 0.5) is 0 Å². The van der Waals surface area contributed by atoms with Crippen molar-refractivity contribution in [3.63, 3.8) is 0 Å². The molecule has 3 rings (SSSR count). The van der Waals surface area contributed by atoms with Crippen LogP contribution in [-0.2, 0) is 11.3 Å². The van der Waals surface area contributed by atoms with Gasteiger partial charge < -0.3 is 9.47 Å². The fourth-order valence-electron chi connectivity index (χ4n) is 3.01. The Bertz CT molecular complexity index is 1150. The van der Waals surface area contributed by atoms with Gasteiger partial charge in [0.15, 0.2) is 22.1 Å². The normalized spacial score (nSPS) is 10.5. The fraction of sp³-hybridized carbons (Fsp3) is 0.273. The maximum absolute atomic E-state index is 12.4. The first-order chi connectivity index (χ1) is 15.4. The topological polar surface area (TPSA) is 110 Å². The molecular formula is C22H25N5O4S. The number of hydrazine groups is 1. The number of nitrogens with zero attached hydrogens (tertiary/aromatic N) is 2. The average molecular weight is 456 g/mol. The van der Waals surface area contributed by atoms with E-state index in [-0.39, 0.29) is 12.3 Å². The Morgan fingerprint density at radius 2 is 1.88 bits per heavy atom. The fourth-order valence-corrected chi connectivity index (χ4v) is 3.23. The van der Waals surface area contributed by atoms with Gasteiger partial charge in [-0.05, 0) is 44.3 Å². The highest BCUT2D eigenvalue weighted by Crippen LogP contribution is 2.28. The second-order valence-corrected chi connectivity index (χ2v) is 7.31. The Morgan fingerprint density at radius 3 is 2.56 bits per heavy atom. The van der Waals surface area contributed by atoms with Gasteiger partial charge in [-0.1, -0.05) is 29.8 Å². The summed E-state index contributed by atoms with van der Waals surface area (Å²) in [7, 11) is 1.49. The van der Waals surface area contributed by atoms with Gasteiger partial charge in [-0.15, -0.1) is 0 Å². The molecule has 0 radical (unpaired) electrons. The van der Waals surface area contributed by atoms with E-state index in [0.717, 1.165) is 11.1 Å². The first-order valence-corrected chi connectivity index (χ1v) is 10.5. The number of rotatable bonds is 8. The van der Waals surface area contributed by atoms with E-state index in [1.807, 2.05) is 38.1 Å². The van der Waals surface area contributed by atoms with E-state index in [4.69, 9.17) is 21.7 Å². The Kier molecular flexibility index (Phi) is 7.61. The minimum Gasteiger partial charge on any atom is -0.493 e. The molecule has 0 atom stereocenters. The van der Waals surface area contributed by atoms with Crippen LogP contribution in [0.3, 0.4) is 0 Å². The maximum Gasteiger partial charge on any atom is 0.269 e. The van der Waals surface area contributed by atoms with E-state index < -0.39 is 5.91 Å². The Labute approximate surface area is 190 Å². The maximum atomic E-state index is 12.4. The molecular weight excluding hydrogens is 430 g/mol. The number of carbonyl (C=O) groups is 2. The van der Waals surface area contributed by atoms with E-state index >= 15 is 0 Å². The number of aryl methyl sites for hydroxylation is 1. The third-order valence-corrected chi connectivity index (χ3v) is 4.98. The van der Waals surface area contributed by atoms with Crippen LogP contribution in [0.2, 0.25) is 0 Å². The third-order valence-electron chi connectivity index (χ3n) is 4.67. The molecule has 0 aliphatic carbocycles. The second-order valence-electron chi connectivity index (χ2n) is 6.92. The van der Waals surface area contributed by atoms with Gasteiger partial charge in [0.2, 0.25) is 5.91 Å². The number of nitrogens with one attached hydrogen (secondary N) is 3. The van der Waals surface area contributed by atoms with Crippen molar-refractivity contribution in [2.24, 2.45) is 0 Å². The molecule has 0 saturated heterocycles. The van der Waals surface area contributed by atoms with Crippen LogP contribution in [-0.4, -0.2) is 40.3 Å². The summed E-state index contributed by atoms with van der Waals surface area (Å²) in [5.41, 5.74) is 7.17. The van der Waals surface area contributed by atoms with Crippen LogP contribution < -0.4 is 20.3 Å². The number of aromatic amines is 1. The highest BCUT2D eigenvalue weighted by atomic mass is 32.1. The number of H-pyrrole nitrogens is 1. The van der Waals surface area contributed by atoms with Gasteiger partial charge in [0.25, 0.3) is 5.91 Å². The quantitative estimate of drug-likeness (QED) is 0.355. The predicted molar refractivity (Wildman–Crippen MR) is 122 cm³/mol. The molecule has 10 heteroatoms. The summed E-state index contributed by atoms with van der Waals surface area (Å²) in [6.07, 6.45) is 0.0968. The summed E-state index contributed by atoms with van der Waals surface area (Å²) in [5.74, 6) is 0.781. The lowest BCUT2D eigenvalue weighted by atomic mass is 10.1. The molecule has 3 N–H and O–H groups in total. The van der Waals surface area contributed by atoms with Gasteiger partial charge in [-0.3, -0.25) is 30.1 Å². The molecule has 1 heterocycles. The summed E-state index contributed by atoms with van der Waals surface area (Å²) in [4.78, 5) is 24.7. The van der Waals surface area contributed by atoms with Crippen LogP contribution in [0.15, 0.2) is 42.5 Å². The number of hydrogen-bond donors (Lipinski definition) is 3. The van der Waals surface area contributed by atoms with Crippen molar-refractivity contribution >= 4 is 24.0 Å². The van der Waals surface area contributed by atoms with Crippen molar-refractivity contribution in [2.75, 3.05) is 13.7 Å². The standard InChI is InChI=1S/C22H25N5O4S/c1-4-31-17-10-9-16(13-18(17)30-3)21(29)25-23-19(28)11-12-27-20(24-26-22(27)32)15-7-5-14(2)6-8-15/h5-10,13H,4,11-12H2,1-3H3,(H,23,28)(H,25,29)(H,26,32). The minimum atomic E-state index is -0.472.